The average Bonchev–Trinajstić information content (AvgIpc) is 2.58. The number of unbranched alkanes of at least 4 members (excludes halogenated alkanes) is 6. The van der Waals surface area contributed by atoms with E-state index in [-0.39, 0.29) is 5.60 Å². The van der Waals surface area contributed by atoms with Crippen LogP contribution < -0.4 is 0 Å². The van der Waals surface area contributed by atoms with Gasteiger partial charge in [-0.15, -0.1) is 0 Å². The lowest BCUT2D eigenvalue weighted by Crippen LogP contribution is -2.31. The molecule has 2 heteroatoms. The van der Waals surface area contributed by atoms with Gasteiger partial charge in [0.05, 0.1) is 5.60 Å². The zero-order valence-corrected chi connectivity index (χ0v) is 11.2. The maximum atomic E-state index is 10.3. The number of aliphatic hydroxyl groups is 1. The molecular weight excluding hydrogens is 198 g/mol. The Labute approximate surface area is 101 Å². The van der Waals surface area contributed by atoms with Crippen molar-refractivity contribution in [2.45, 2.75) is 70.3 Å². The van der Waals surface area contributed by atoms with Gasteiger partial charge in [0.15, 0.2) is 0 Å². The standard InChI is InChI=1S/C14H29NO/c1-3-4-5-6-7-8-9-10-14(16)11-12-15(2)13-14/h16H,3-13H2,1-2H3. The highest BCUT2D eigenvalue weighted by molar-refractivity contribution is 4.88. The van der Waals surface area contributed by atoms with Crippen LogP contribution in [-0.2, 0) is 0 Å². The molecule has 16 heavy (non-hydrogen) atoms. The fourth-order valence-corrected chi connectivity index (χ4v) is 2.67. The third-order valence-corrected chi connectivity index (χ3v) is 3.77. The van der Waals surface area contributed by atoms with Crippen molar-refractivity contribution in [1.29, 1.82) is 0 Å². The van der Waals surface area contributed by atoms with Gasteiger partial charge in [-0.3, -0.25) is 0 Å². The molecule has 96 valence electrons. The molecule has 0 radical (unpaired) electrons. The predicted octanol–water partition coefficient (Wildman–Crippen LogP) is 3.19. The van der Waals surface area contributed by atoms with Crippen LogP contribution in [0.15, 0.2) is 0 Å². The Balaban J connectivity index is 1.94. The third kappa shape index (κ3) is 5.31. The van der Waals surface area contributed by atoms with E-state index in [1.54, 1.807) is 0 Å². The number of hydrogen-bond donors (Lipinski definition) is 1. The minimum absolute atomic E-state index is 0.363. The second-order valence-electron chi connectivity index (χ2n) is 5.58. The van der Waals surface area contributed by atoms with Crippen LogP contribution in [0.1, 0.15) is 64.7 Å². The van der Waals surface area contributed by atoms with E-state index in [1.165, 1.54) is 44.9 Å². The van der Waals surface area contributed by atoms with E-state index >= 15 is 0 Å². The Kier molecular flexibility index (Phi) is 6.37. The third-order valence-electron chi connectivity index (χ3n) is 3.77. The molecule has 1 fully saturated rings. The molecule has 0 aromatic rings. The Bertz CT molecular complexity index is 184. The predicted molar refractivity (Wildman–Crippen MR) is 69.7 cm³/mol. The average molecular weight is 227 g/mol. The van der Waals surface area contributed by atoms with Gasteiger partial charge in [0, 0.05) is 13.1 Å². The van der Waals surface area contributed by atoms with Crippen LogP contribution in [0.2, 0.25) is 0 Å². The summed E-state index contributed by atoms with van der Waals surface area (Å²) < 4.78 is 0. The monoisotopic (exact) mass is 227 g/mol. The van der Waals surface area contributed by atoms with Crippen molar-refractivity contribution in [3.05, 3.63) is 0 Å². The minimum Gasteiger partial charge on any atom is -0.389 e. The summed E-state index contributed by atoms with van der Waals surface area (Å²) in [7, 11) is 2.10. The van der Waals surface area contributed by atoms with Crippen molar-refractivity contribution in [2.75, 3.05) is 20.1 Å². The van der Waals surface area contributed by atoms with Crippen LogP contribution in [0.25, 0.3) is 0 Å². The van der Waals surface area contributed by atoms with Crippen molar-refractivity contribution in [1.82, 2.24) is 4.90 Å². The summed E-state index contributed by atoms with van der Waals surface area (Å²) >= 11 is 0. The molecule has 0 aromatic heterocycles. The topological polar surface area (TPSA) is 23.5 Å². The van der Waals surface area contributed by atoms with Gasteiger partial charge in [0.1, 0.15) is 0 Å². The van der Waals surface area contributed by atoms with Crippen LogP contribution in [0.3, 0.4) is 0 Å². The van der Waals surface area contributed by atoms with Gasteiger partial charge in [0.2, 0.25) is 0 Å². The summed E-state index contributed by atoms with van der Waals surface area (Å²) in [5.41, 5.74) is -0.363. The summed E-state index contributed by atoms with van der Waals surface area (Å²) in [6, 6.07) is 0. The Hall–Kier alpha value is -0.0800. The molecule has 1 heterocycles. The molecule has 0 spiro atoms. The maximum Gasteiger partial charge on any atom is 0.0786 e. The Morgan fingerprint density at radius 3 is 2.25 bits per heavy atom. The van der Waals surface area contributed by atoms with Crippen molar-refractivity contribution >= 4 is 0 Å². The highest BCUT2D eigenvalue weighted by atomic mass is 16.3. The zero-order chi connectivity index (χ0) is 11.9. The number of likely N-dealkylation sites (tertiary alicyclic amines) is 1. The maximum absolute atomic E-state index is 10.3. The van der Waals surface area contributed by atoms with Gasteiger partial charge in [0.25, 0.3) is 0 Å². The molecule has 0 aliphatic carbocycles. The number of hydrogen-bond acceptors (Lipinski definition) is 2. The summed E-state index contributed by atoms with van der Waals surface area (Å²) in [5, 5.41) is 10.3. The molecule has 0 saturated carbocycles. The van der Waals surface area contributed by atoms with Crippen molar-refractivity contribution in [3.63, 3.8) is 0 Å². The van der Waals surface area contributed by atoms with E-state index in [9.17, 15) is 5.11 Å². The molecule has 0 bridgehead atoms. The molecular formula is C14H29NO. The van der Waals surface area contributed by atoms with Gasteiger partial charge < -0.3 is 10.0 Å². The number of likely N-dealkylation sites (N-methyl/N-ethyl adjacent to an activating group) is 1. The van der Waals surface area contributed by atoms with Crippen molar-refractivity contribution in [2.24, 2.45) is 0 Å². The van der Waals surface area contributed by atoms with Crippen LogP contribution in [0.5, 0.6) is 0 Å². The van der Waals surface area contributed by atoms with Crippen LogP contribution in [-0.4, -0.2) is 35.7 Å². The van der Waals surface area contributed by atoms with Crippen molar-refractivity contribution in [3.8, 4) is 0 Å². The SMILES string of the molecule is CCCCCCCCCC1(O)CCN(C)C1. The molecule has 0 amide bonds. The summed E-state index contributed by atoms with van der Waals surface area (Å²) in [4.78, 5) is 2.24. The largest absolute Gasteiger partial charge is 0.389 e. The van der Waals surface area contributed by atoms with E-state index in [0.29, 0.717) is 0 Å². The molecule has 1 aliphatic rings. The number of β-amino-alcohol motifs (C(OH)–C–C–N with tert-alkyl or cyclic N) is 1. The summed E-state index contributed by atoms with van der Waals surface area (Å²) in [5.74, 6) is 0. The first-order valence-corrected chi connectivity index (χ1v) is 7.07. The first kappa shape index (κ1) is 14.0. The summed E-state index contributed by atoms with van der Waals surface area (Å²) in [6.07, 6.45) is 11.3. The lowest BCUT2D eigenvalue weighted by Gasteiger charge is -2.22. The van der Waals surface area contributed by atoms with E-state index in [0.717, 1.165) is 25.9 Å². The summed E-state index contributed by atoms with van der Waals surface area (Å²) in [6.45, 7) is 4.20. The molecule has 1 N–H and O–H groups in total. The first-order chi connectivity index (χ1) is 7.66. The van der Waals surface area contributed by atoms with Gasteiger partial charge in [-0.1, -0.05) is 51.9 Å². The van der Waals surface area contributed by atoms with Gasteiger partial charge >= 0.3 is 0 Å². The molecule has 1 atom stereocenters. The Morgan fingerprint density at radius 1 is 1.06 bits per heavy atom. The normalized spacial score (nSPS) is 26.4. The smallest absolute Gasteiger partial charge is 0.0786 e. The molecule has 1 rings (SSSR count). The molecule has 1 saturated heterocycles. The van der Waals surface area contributed by atoms with Crippen LogP contribution in [0, 0.1) is 0 Å². The van der Waals surface area contributed by atoms with Crippen LogP contribution >= 0.6 is 0 Å². The Morgan fingerprint density at radius 2 is 1.69 bits per heavy atom. The highest BCUT2D eigenvalue weighted by Gasteiger charge is 2.33. The fourth-order valence-electron chi connectivity index (χ4n) is 2.67. The van der Waals surface area contributed by atoms with Crippen LogP contribution in [0.4, 0.5) is 0 Å². The second-order valence-corrected chi connectivity index (χ2v) is 5.58. The molecule has 1 unspecified atom stereocenters. The quantitative estimate of drug-likeness (QED) is 0.644. The number of nitrogens with zero attached hydrogens (tertiary/aromatic N) is 1. The number of rotatable bonds is 8. The minimum atomic E-state index is -0.363. The molecule has 2 nitrogen and oxygen atoms in total. The van der Waals surface area contributed by atoms with E-state index in [1.807, 2.05) is 0 Å². The van der Waals surface area contributed by atoms with E-state index < -0.39 is 0 Å². The van der Waals surface area contributed by atoms with Crippen molar-refractivity contribution < 1.29 is 5.11 Å². The second kappa shape index (κ2) is 7.29. The van der Waals surface area contributed by atoms with E-state index in [4.69, 9.17) is 0 Å². The highest BCUT2D eigenvalue weighted by Crippen LogP contribution is 2.26. The molecule has 0 aromatic carbocycles. The van der Waals surface area contributed by atoms with Gasteiger partial charge in [-0.2, -0.15) is 0 Å². The first-order valence-electron chi connectivity index (χ1n) is 7.07. The van der Waals surface area contributed by atoms with Gasteiger partial charge in [-0.25, -0.2) is 0 Å². The molecule has 1 aliphatic heterocycles. The fraction of sp³-hybridized carbons (Fsp3) is 1.00. The van der Waals surface area contributed by atoms with Gasteiger partial charge in [-0.05, 0) is 19.9 Å². The lowest BCUT2D eigenvalue weighted by molar-refractivity contribution is 0.0404. The zero-order valence-electron chi connectivity index (χ0n) is 11.2. The lowest BCUT2D eigenvalue weighted by atomic mass is 9.95. The van der Waals surface area contributed by atoms with E-state index in [2.05, 4.69) is 18.9 Å².